The van der Waals surface area contributed by atoms with Gasteiger partial charge in [0.1, 0.15) is 0 Å². The topological polar surface area (TPSA) is 29.9 Å². The van der Waals surface area contributed by atoms with Crippen molar-refractivity contribution in [3.8, 4) is 0 Å². The summed E-state index contributed by atoms with van der Waals surface area (Å²) in [6.45, 7) is 9.03. The van der Waals surface area contributed by atoms with Crippen LogP contribution in [-0.2, 0) is 6.42 Å². The first kappa shape index (κ1) is 15.6. The third kappa shape index (κ3) is 4.62. The highest BCUT2D eigenvalue weighted by molar-refractivity contribution is 5.03. The Balaban J connectivity index is 1.88. The van der Waals surface area contributed by atoms with Crippen molar-refractivity contribution in [3.05, 3.63) is 18.0 Å². The van der Waals surface area contributed by atoms with Crippen molar-refractivity contribution in [2.24, 2.45) is 5.41 Å². The van der Waals surface area contributed by atoms with E-state index in [1.807, 2.05) is 0 Å². The molecular weight excluding hydrogens is 246 g/mol. The van der Waals surface area contributed by atoms with Gasteiger partial charge in [-0.25, -0.2) is 0 Å². The van der Waals surface area contributed by atoms with Crippen molar-refractivity contribution in [1.82, 2.24) is 15.1 Å². The highest BCUT2D eigenvalue weighted by atomic mass is 15.3. The van der Waals surface area contributed by atoms with Gasteiger partial charge in [-0.15, -0.1) is 0 Å². The monoisotopic (exact) mass is 277 g/mol. The smallest absolute Gasteiger partial charge is 0.0630 e. The van der Waals surface area contributed by atoms with Gasteiger partial charge in [0, 0.05) is 6.20 Å². The molecule has 0 spiro atoms. The molecule has 1 heterocycles. The fraction of sp³-hybridized carbons (Fsp3) is 0.824. The summed E-state index contributed by atoms with van der Waals surface area (Å²) in [6, 6.07) is 2.88. The van der Waals surface area contributed by atoms with Crippen LogP contribution in [0.5, 0.6) is 0 Å². The maximum atomic E-state index is 4.84. The van der Waals surface area contributed by atoms with Gasteiger partial charge in [0.25, 0.3) is 0 Å². The van der Waals surface area contributed by atoms with Gasteiger partial charge in [-0.05, 0) is 50.3 Å². The van der Waals surface area contributed by atoms with E-state index in [0.29, 0.717) is 11.5 Å². The lowest BCUT2D eigenvalue weighted by molar-refractivity contribution is 0.310. The predicted molar refractivity (Wildman–Crippen MR) is 85.0 cm³/mol. The number of hydrogen-bond acceptors (Lipinski definition) is 2. The third-order valence-corrected chi connectivity index (χ3v) is 4.50. The summed E-state index contributed by atoms with van der Waals surface area (Å²) < 4.78 is 2.23. The van der Waals surface area contributed by atoms with Gasteiger partial charge in [0.15, 0.2) is 0 Å². The molecule has 0 saturated heterocycles. The number of aromatic nitrogens is 2. The molecule has 3 nitrogen and oxygen atoms in total. The number of nitrogens with one attached hydrogen (secondary N) is 1. The molecule has 0 amide bonds. The molecule has 20 heavy (non-hydrogen) atoms. The molecule has 0 aliphatic heterocycles. The zero-order valence-electron chi connectivity index (χ0n) is 13.5. The molecule has 0 unspecified atom stereocenters. The summed E-state index contributed by atoms with van der Waals surface area (Å²) in [6.07, 6.45) is 11.3. The van der Waals surface area contributed by atoms with Crippen molar-refractivity contribution < 1.29 is 0 Å². The third-order valence-electron chi connectivity index (χ3n) is 4.50. The van der Waals surface area contributed by atoms with Crippen LogP contribution in [0.15, 0.2) is 12.3 Å². The Labute approximate surface area is 124 Å². The standard InChI is InChI=1S/C17H31N3/c1-4-18-12-11-17(2,3)14-15-10-13-20(19-15)16-8-6-5-7-9-16/h10,13,16,18H,4-9,11-12,14H2,1-3H3. The van der Waals surface area contributed by atoms with E-state index in [-0.39, 0.29) is 0 Å². The SMILES string of the molecule is CCNCCC(C)(C)Cc1ccn(C2CCCCC2)n1. The van der Waals surface area contributed by atoms with Crippen LogP contribution in [0.25, 0.3) is 0 Å². The van der Waals surface area contributed by atoms with Gasteiger partial charge in [-0.2, -0.15) is 5.10 Å². The van der Waals surface area contributed by atoms with E-state index in [2.05, 4.69) is 43.0 Å². The van der Waals surface area contributed by atoms with Crippen LogP contribution >= 0.6 is 0 Å². The highest BCUT2D eigenvalue weighted by Gasteiger charge is 2.21. The molecule has 114 valence electrons. The maximum Gasteiger partial charge on any atom is 0.0630 e. The van der Waals surface area contributed by atoms with Gasteiger partial charge in [-0.1, -0.05) is 40.0 Å². The fourth-order valence-corrected chi connectivity index (χ4v) is 3.20. The zero-order valence-corrected chi connectivity index (χ0v) is 13.5. The second-order valence-electron chi connectivity index (χ2n) is 7.02. The van der Waals surface area contributed by atoms with Crippen molar-refractivity contribution >= 4 is 0 Å². The molecule has 0 radical (unpaired) electrons. The van der Waals surface area contributed by atoms with Gasteiger partial charge in [0.05, 0.1) is 11.7 Å². The Morgan fingerprint density at radius 2 is 2.05 bits per heavy atom. The Bertz CT molecular complexity index is 389. The van der Waals surface area contributed by atoms with Crippen molar-refractivity contribution in [3.63, 3.8) is 0 Å². The lowest BCUT2D eigenvalue weighted by Gasteiger charge is -2.24. The predicted octanol–water partition coefficient (Wildman–Crippen LogP) is 3.96. The first-order valence-electron chi connectivity index (χ1n) is 8.35. The Hall–Kier alpha value is -0.830. The molecule has 0 aromatic carbocycles. The normalized spacial score (nSPS) is 17.6. The molecule has 1 N–H and O–H groups in total. The average molecular weight is 277 g/mol. The van der Waals surface area contributed by atoms with Crippen LogP contribution in [0.1, 0.15) is 71.0 Å². The molecule has 1 aromatic rings. The first-order valence-corrected chi connectivity index (χ1v) is 8.35. The van der Waals surface area contributed by atoms with E-state index >= 15 is 0 Å². The van der Waals surface area contributed by atoms with Gasteiger partial charge < -0.3 is 5.32 Å². The second kappa shape index (κ2) is 7.26. The van der Waals surface area contributed by atoms with E-state index in [9.17, 15) is 0 Å². The average Bonchev–Trinajstić information content (AvgIpc) is 2.87. The van der Waals surface area contributed by atoms with Crippen LogP contribution in [0.2, 0.25) is 0 Å². The van der Waals surface area contributed by atoms with Crippen LogP contribution in [0, 0.1) is 5.41 Å². The fourth-order valence-electron chi connectivity index (χ4n) is 3.20. The molecule has 1 aliphatic carbocycles. The summed E-state index contributed by atoms with van der Waals surface area (Å²) in [7, 11) is 0. The second-order valence-corrected chi connectivity index (χ2v) is 7.02. The van der Waals surface area contributed by atoms with Crippen LogP contribution in [-0.4, -0.2) is 22.9 Å². The molecule has 1 saturated carbocycles. The minimum Gasteiger partial charge on any atom is -0.317 e. The highest BCUT2D eigenvalue weighted by Crippen LogP contribution is 2.29. The minimum absolute atomic E-state index is 0.327. The Morgan fingerprint density at radius 1 is 1.30 bits per heavy atom. The molecule has 3 heteroatoms. The van der Waals surface area contributed by atoms with Crippen LogP contribution < -0.4 is 5.32 Å². The molecule has 2 rings (SSSR count). The van der Waals surface area contributed by atoms with Crippen LogP contribution in [0.3, 0.4) is 0 Å². The van der Waals surface area contributed by atoms with E-state index in [1.54, 1.807) is 0 Å². The Morgan fingerprint density at radius 3 is 2.75 bits per heavy atom. The number of hydrogen-bond donors (Lipinski definition) is 1. The van der Waals surface area contributed by atoms with Crippen molar-refractivity contribution in [2.75, 3.05) is 13.1 Å². The van der Waals surface area contributed by atoms with Gasteiger partial charge in [-0.3, -0.25) is 4.68 Å². The largest absolute Gasteiger partial charge is 0.317 e. The molecule has 1 aromatic heterocycles. The molecular formula is C17H31N3. The molecule has 1 aliphatic rings. The van der Waals surface area contributed by atoms with Crippen LogP contribution in [0.4, 0.5) is 0 Å². The Kier molecular flexibility index (Phi) is 5.64. The summed E-state index contributed by atoms with van der Waals surface area (Å²) in [5, 5.41) is 8.27. The molecule has 0 bridgehead atoms. The number of rotatable bonds is 7. The summed E-state index contributed by atoms with van der Waals surface area (Å²) in [4.78, 5) is 0. The summed E-state index contributed by atoms with van der Waals surface area (Å²) in [5.74, 6) is 0. The molecule has 0 atom stereocenters. The van der Waals surface area contributed by atoms with E-state index in [0.717, 1.165) is 19.5 Å². The minimum atomic E-state index is 0.327. The summed E-state index contributed by atoms with van der Waals surface area (Å²) in [5.41, 5.74) is 1.59. The lowest BCUT2D eigenvalue weighted by Crippen LogP contribution is -2.24. The van der Waals surface area contributed by atoms with Gasteiger partial charge in [0.2, 0.25) is 0 Å². The van der Waals surface area contributed by atoms with E-state index in [4.69, 9.17) is 5.10 Å². The molecule has 1 fully saturated rings. The van der Waals surface area contributed by atoms with E-state index < -0.39 is 0 Å². The summed E-state index contributed by atoms with van der Waals surface area (Å²) >= 11 is 0. The maximum absolute atomic E-state index is 4.84. The first-order chi connectivity index (χ1) is 9.61. The van der Waals surface area contributed by atoms with Crippen molar-refractivity contribution in [1.29, 1.82) is 0 Å². The lowest BCUT2D eigenvalue weighted by atomic mass is 9.84. The van der Waals surface area contributed by atoms with Crippen molar-refractivity contribution in [2.45, 2.75) is 71.8 Å². The number of nitrogens with zero attached hydrogens (tertiary/aromatic N) is 2. The quantitative estimate of drug-likeness (QED) is 0.765. The zero-order chi connectivity index (χ0) is 14.4. The van der Waals surface area contributed by atoms with E-state index in [1.165, 1.54) is 44.2 Å². The van der Waals surface area contributed by atoms with Gasteiger partial charge >= 0.3 is 0 Å².